The van der Waals surface area contributed by atoms with Crippen LogP contribution in [0.3, 0.4) is 0 Å². The number of hydrogen-bond donors (Lipinski definition) is 2. The van der Waals surface area contributed by atoms with Gasteiger partial charge >= 0.3 is 5.97 Å². The van der Waals surface area contributed by atoms with Gasteiger partial charge in [-0.15, -0.1) is 0 Å². The number of rotatable bonds is 5. The topological polar surface area (TPSA) is 79.3 Å². The summed E-state index contributed by atoms with van der Waals surface area (Å²) >= 11 is 0. The molecule has 18 heavy (non-hydrogen) atoms. The van der Waals surface area contributed by atoms with Crippen LogP contribution in [0.5, 0.6) is 0 Å². The van der Waals surface area contributed by atoms with Crippen LogP contribution in [0.2, 0.25) is 0 Å². The first-order chi connectivity index (χ1) is 8.61. The Balaban J connectivity index is 1.83. The van der Waals surface area contributed by atoms with Gasteiger partial charge in [0.15, 0.2) is 0 Å². The third-order valence-corrected chi connectivity index (χ3v) is 3.29. The molecular weight excluding hydrogens is 232 g/mol. The molecule has 5 nitrogen and oxygen atoms in total. The van der Waals surface area contributed by atoms with Crippen LogP contribution in [0.1, 0.15) is 35.8 Å². The van der Waals surface area contributed by atoms with E-state index in [4.69, 9.17) is 5.11 Å². The van der Waals surface area contributed by atoms with Crippen molar-refractivity contribution >= 4 is 11.9 Å². The van der Waals surface area contributed by atoms with E-state index in [1.54, 1.807) is 6.07 Å². The summed E-state index contributed by atoms with van der Waals surface area (Å²) in [5.41, 5.74) is 0.820. The van der Waals surface area contributed by atoms with Gasteiger partial charge in [-0.05, 0) is 24.0 Å². The van der Waals surface area contributed by atoms with Crippen LogP contribution in [-0.4, -0.2) is 22.0 Å². The highest BCUT2D eigenvalue weighted by molar-refractivity contribution is 5.85. The summed E-state index contributed by atoms with van der Waals surface area (Å²) in [6, 6.07) is 3.11. The minimum absolute atomic E-state index is 0.0123. The normalized spacial score (nSPS) is 21.4. The van der Waals surface area contributed by atoms with Crippen molar-refractivity contribution in [2.45, 2.75) is 26.3 Å². The average Bonchev–Trinajstić information content (AvgIpc) is 3.16. The predicted molar refractivity (Wildman–Crippen MR) is 64.9 cm³/mol. The van der Waals surface area contributed by atoms with E-state index in [-0.39, 0.29) is 17.5 Å². The van der Waals surface area contributed by atoms with Crippen LogP contribution in [0.25, 0.3) is 0 Å². The van der Waals surface area contributed by atoms with E-state index in [9.17, 15) is 9.59 Å². The van der Waals surface area contributed by atoms with Crippen molar-refractivity contribution in [1.29, 1.82) is 0 Å². The number of nitrogens with one attached hydrogen (secondary N) is 1. The van der Waals surface area contributed by atoms with Gasteiger partial charge in [0.05, 0.1) is 0 Å². The Morgan fingerprint density at radius 1 is 1.50 bits per heavy atom. The van der Waals surface area contributed by atoms with Gasteiger partial charge in [0, 0.05) is 18.7 Å². The second-order valence-electron chi connectivity index (χ2n) is 4.59. The van der Waals surface area contributed by atoms with E-state index in [0.717, 1.165) is 18.4 Å². The lowest BCUT2D eigenvalue weighted by Gasteiger charge is -2.04. The number of aromatic nitrogens is 1. The third-order valence-electron chi connectivity index (χ3n) is 3.29. The lowest BCUT2D eigenvalue weighted by Crippen LogP contribution is -2.25. The molecule has 1 aliphatic rings. The summed E-state index contributed by atoms with van der Waals surface area (Å²) in [6.45, 7) is 2.49. The maximum Gasteiger partial charge on any atom is 0.354 e. The summed E-state index contributed by atoms with van der Waals surface area (Å²) in [5, 5.41) is 11.5. The molecule has 2 rings (SSSR count). The molecule has 2 atom stereocenters. The Hall–Kier alpha value is -1.91. The Bertz CT molecular complexity index is 456. The number of amides is 1. The molecule has 2 N–H and O–H groups in total. The highest BCUT2D eigenvalue weighted by atomic mass is 16.4. The van der Waals surface area contributed by atoms with E-state index in [1.165, 1.54) is 12.3 Å². The van der Waals surface area contributed by atoms with Crippen molar-refractivity contribution in [2.24, 2.45) is 11.8 Å². The van der Waals surface area contributed by atoms with Gasteiger partial charge in [0.2, 0.25) is 5.91 Å². The molecule has 0 aliphatic heterocycles. The zero-order valence-electron chi connectivity index (χ0n) is 10.2. The fourth-order valence-electron chi connectivity index (χ4n) is 2.00. The third kappa shape index (κ3) is 2.85. The minimum atomic E-state index is -1.05. The number of aromatic carboxylic acids is 1. The molecule has 0 saturated heterocycles. The highest BCUT2D eigenvalue weighted by Crippen LogP contribution is 2.40. The van der Waals surface area contributed by atoms with Gasteiger partial charge in [0.1, 0.15) is 5.69 Å². The summed E-state index contributed by atoms with van der Waals surface area (Å²) in [7, 11) is 0. The number of hydrogen-bond acceptors (Lipinski definition) is 3. The number of carboxylic acids is 1. The average molecular weight is 248 g/mol. The standard InChI is InChI=1S/C13H16N2O3/c1-2-9-5-10(9)12(16)15-7-8-3-4-11(13(17)18)14-6-8/h3-4,6,9-10H,2,5,7H2,1H3,(H,15,16)(H,17,18). The second-order valence-corrected chi connectivity index (χ2v) is 4.59. The SMILES string of the molecule is CCC1CC1C(=O)NCc1ccc(C(=O)O)nc1. The molecule has 1 saturated carbocycles. The first-order valence-electron chi connectivity index (χ1n) is 6.07. The van der Waals surface area contributed by atoms with Gasteiger partial charge < -0.3 is 10.4 Å². The number of carbonyl (C=O) groups excluding carboxylic acids is 1. The summed E-state index contributed by atoms with van der Waals surface area (Å²) in [6.07, 6.45) is 3.51. The summed E-state index contributed by atoms with van der Waals surface area (Å²) in [4.78, 5) is 26.1. The van der Waals surface area contributed by atoms with Crippen LogP contribution in [0, 0.1) is 11.8 Å². The molecule has 1 heterocycles. The Kier molecular flexibility index (Phi) is 3.60. The van der Waals surface area contributed by atoms with Crippen molar-refractivity contribution in [3.05, 3.63) is 29.6 Å². The molecule has 0 bridgehead atoms. The predicted octanol–water partition coefficient (Wildman–Crippen LogP) is 1.44. The number of carboxylic acid groups (broad SMARTS) is 1. The van der Waals surface area contributed by atoms with E-state index in [0.29, 0.717) is 12.5 Å². The molecule has 96 valence electrons. The lowest BCUT2D eigenvalue weighted by molar-refractivity contribution is -0.122. The van der Waals surface area contributed by atoms with E-state index < -0.39 is 5.97 Å². The zero-order chi connectivity index (χ0) is 13.1. The molecule has 5 heteroatoms. The van der Waals surface area contributed by atoms with Crippen LogP contribution < -0.4 is 5.32 Å². The maximum absolute atomic E-state index is 11.7. The highest BCUT2D eigenvalue weighted by Gasteiger charge is 2.40. The first-order valence-corrected chi connectivity index (χ1v) is 6.07. The van der Waals surface area contributed by atoms with E-state index in [1.807, 2.05) is 0 Å². The first kappa shape index (κ1) is 12.5. The lowest BCUT2D eigenvalue weighted by atomic mass is 10.2. The van der Waals surface area contributed by atoms with Gasteiger partial charge in [-0.2, -0.15) is 0 Å². The zero-order valence-corrected chi connectivity index (χ0v) is 10.2. The largest absolute Gasteiger partial charge is 0.477 e. The maximum atomic E-state index is 11.7. The molecule has 0 radical (unpaired) electrons. The fraction of sp³-hybridized carbons (Fsp3) is 0.462. The molecule has 0 spiro atoms. The molecular formula is C13H16N2O3. The molecule has 0 aromatic carbocycles. The Morgan fingerprint density at radius 2 is 2.28 bits per heavy atom. The van der Waals surface area contributed by atoms with Gasteiger partial charge in [-0.1, -0.05) is 19.4 Å². The molecule has 1 aromatic rings. The molecule has 2 unspecified atom stereocenters. The van der Waals surface area contributed by atoms with Crippen LogP contribution >= 0.6 is 0 Å². The van der Waals surface area contributed by atoms with E-state index in [2.05, 4.69) is 17.2 Å². The van der Waals surface area contributed by atoms with Gasteiger partial charge in [-0.25, -0.2) is 9.78 Å². The van der Waals surface area contributed by atoms with Crippen molar-refractivity contribution < 1.29 is 14.7 Å². The van der Waals surface area contributed by atoms with Crippen LogP contribution in [0.15, 0.2) is 18.3 Å². The van der Waals surface area contributed by atoms with Crippen molar-refractivity contribution in [2.75, 3.05) is 0 Å². The van der Waals surface area contributed by atoms with Crippen molar-refractivity contribution in [3.63, 3.8) is 0 Å². The van der Waals surface area contributed by atoms with Gasteiger partial charge in [0.25, 0.3) is 0 Å². The fourth-order valence-corrected chi connectivity index (χ4v) is 2.00. The van der Waals surface area contributed by atoms with Crippen LogP contribution in [0.4, 0.5) is 0 Å². The van der Waals surface area contributed by atoms with E-state index >= 15 is 0 Å². The molecule has 1 aliphatic carbocycles. The molecule has 1 fully saturated rings. The Labute approximate surface area is 105 Å². The molecule has 1 aromatic heterocycles. The van der Waals surface area contributed by atoms with Crippen molar-refractivity contribution in [3.8, 4) is 0 Å². The number of nitrogens with zero attached hydrogens (tertiary/aromatic N) is 1. The number of carbonyl (C=O) groups is 2. The van der Waals surface area contributed by atoms with Crippen molar-refractivity contribution in [1.82, 2.24) is 10.3 Å². The quantitative estimate of drug-likeness (QED) is 0.826. The number of pyridine rings is 1. The van der Waals surface area contributed by atoms with Crippen LogP contribution in [-0.2, 0) is 11.3 Å². The summed E-state index contributed by atoms with van der Waals surface area (Å²) in [5.74, 6) is -0.253. The van der Waals surface area contributed by atoms with Gasteiger partial charge in [-0.3, -0.25) is 4.79 Å². The smallest absolute Gasteiger partial charge is 0.354 e. The second kappa shape index (κ2) is 5.16. The Morgan fingerprint density at radius 3 is 2.78 bits per heavy atom. The monoisotopic (exact) mass is 248 g/mol. The molecule has 1 amide bonds. The summed E-state index contributed by atoms with van der Waals surface area (Å²) < 4.78 is 0. The minimum Gasteiger partial charge on any atom is -0.477 e.